The van der Waals surface area contributed by atoms with E-state index < -0.39 is 27.9 Å². The Balaban J connectivity index is 3.56. The SMILES string of the molecule is CC(C)(N)c1c(O)c(F)cc(Cl)c1F. The van der Waals surface area contributed by atoms with Gasteiger partial charge in [0.05, 0.1) is 10.6 Å². The summed E-state index contributed by atoms with van der Waals surface area (Å²) in [6.07, 6.45) is 0. The molecule has 0 aliphatic carbocycles. The highest BCUT2D eigenvalue weighted by Crippen LogP contribution is 2.35. The van der Waals surface area contributed by atoms with Gasteiger partial charge in [0.2, 0.25) is 0 Å². The molecule has 0 aliphatic rings. The molecule has 1 aromatic carbocycles. The molecule has 0 aromatic heterocycles. The summed E-state index contributed by atoms with van der Waals surface area (Å²) < 4.78 is 26.4. The van der Waals surface area contributed by atoms with Gasteiger partial charge in [0.15, 0.2) is 17.4 Å². The molecule has 0 saturated heterocycles. The van der Waals surface area contributed by atoms with Crippen LogP contribution in [0, 0.1) is 11.6 Å². The lowest BCUT2D eigenvalue weighted by Gasteiger charge is -2.21. The van der Waals surface area contributed by atoms with Crippen LogP contribution in [-0.2, 0) is 5.54 Å². The monoisotopic (exact) mass is 221 g/mol. The smallest absolute Gasteiger partial charge is 0.166 e. The maximum Gasteiger partial charge on any atom is 0.166 e. The van der Waals surface area contributed by atoms with Crippen LogP contribution in [0.3, 0.4) is 0 Å². The molecule has 3 N–H and O–H groups in total. The number of aromatic hydroxyl groups is 1. The summed E-state index contributed by atoms with van der Waals surface area (Å²) in [5.74, 6) is -2.66. The average Bonchev–Trinajstić information content (AvgIpc) is 1.98. The molecule has 0 saturated carbocycles. The van der Waals surface area contributed by atoms with Crippen molar-refractivity contribution in [3.8, 4) is 5.75 Å². The highest BCUT2D eigenvalue weighted by molar-refractivity contribution is 6.30. The van der Waals surface area contributed by atoms with Crippen LogP contribution < -0.4 is 5.73 Å². The van der Waals surface area contributed by atoms with Gasteiger partial charge in [-0.25, -0.2) is 8.78 Å². The summed E-state index contributed by atoms with van der Waals surface area (Å²) >= 11 is 5.42. The first-order valence-corrected chi connectivity index (χ1v) is 4.28. The number of rotatable bonds is 1. The van der Waals surface area contributed by atoms with E-state index in [0.29, 0.717) is 6.07 Å². The van der Waals surface area contributed by atoms with Crippen molar-refractivity contribution >= 4 is 11.6 Å². The Morgan fingerprint density at radius 3 is 2.36 bits per heavy atom. The third-order valence-corrected chi connectivity index (χ3v) is 2.07. The number of benzene rings is 1. The number of nitrogens with two attached hydrogens (primary N) is 1. The van der Waals surface area contributed by atoms with E-state index in [2.05, 4.69) is 0 Å². The summed E-state index contributed by atoms with van der Waals surface area (Å²) in [7, 11) is 0. The van der Waals surface area contributed by atoms with Crippen LogP contribution in [0.2, 0.25) is 5.02 Å². The third kappa shape index (κ3) is 1.81. The summed E-state index contributed by atoms with van der Waals surface area (Å²) in [6.45, 7) is 2.89. The van der Waals surface area contributed by atoms with Crippen molar-refractivity contribution in [2.75, 3.05) is 0 Å². The Labute approximate surface area is 85.3 Å². The van der Waals surface area contributed by atoms with E-state index in [-0.39, 0.29) is 5.56 Å². The fourth-order valence-electron chi connectivity index (χ4n) is 1.17. The molecule has 0 radical (unpaired) electrons. The zero-order valence-electron chi connectivity index (χ0n) is 7.74. The first kappa shape index (κ1) is 11.2. The molecule has 78 valence electrons. The summed E-state index contributed by atoms with van der Waals surface area (Å²) in [5, 5.41) is 8.89. The number of halogens is 3. The quantitative estimate of drug-likeness (QED) is 0.716. The molecule has 0 atom stereocenters. The number of phenols is 1. The van der Waals surface area contributed by atoms with Crippen molar-refractivity contribution < 1.29 is 13.9 Å². The topological polar surface area (TPSA) is 46.2 Å². The maximum atomic E-state index is 13.4. The normalized spacial score (nSPS) is 11.9. The average molecular weight is 222 g/mol. The molecule has 0 amide bonds. The van der Waals surface area contributed by atoms with Gasteiger partial charge in [-0.2, -0.15) is 0 Å². The van der Waals surface area contributed by atoms with Gasteiger partial charge in [-0.15, -0.1) is 0 Å². The lowest BCUT2D eigenvalue weighted by atomic mass is 9.94. The van der Waals surface area contributed by atoms with Crippen LogP contribution in [0.4, 0.5) is 8.78 Å². The molecule has 0 fully saturated rings. The van der Waals surface area contributed by atoms with E-state index in [1.54, 1.807) is 0 Å². The molecule has 5 heteroatoms. The predicted molar refractivity (Wildman–Crippen MR) is 50.2 cm³/mol. The molecule has 2 nitrogen and oxygen atoms in total. The molecule has 0 bridgehead atoms. The molecule has 0 heterocycles. The highest BCUT2D eigenvalue weighted by atomic mass is 35.5. The van der Waals surface area contributed by atoms with Gasteiger partial charge in [0.1, 0.15) is 0 Å². The first-order chi connectivity index (χ1) is 6.25. The minimum absolute atomic E-state index is 0.317. The van der Waals surface area contributed by atoms with E-state index in [4.69, 9.17) is 17.3 Å². The fourth-order valence-corrected chi connectivity index (χ4v) is 1.36. The fraction of sp³-hybridized carbons (Fsp3) is 0.333. The van der Waals surface area contributed by atoms with Crippen LogP contribution in [0.25, 0.3) is 0 Å². The Morgan fingerprint density at radius 2 is 1.93 bits per heavy atom. The van der Waals surface area contributed by atoms with Gasteiger partial charge in [0.25, 0.3) is 0 Å². The summed E-state index contributed by atoms with van der Waals surface area (Å²) in [5.41, 5.74) is 4.06. The zero-order chi connectivity index (χ0) is 11.1. The van der Waals surface area contributed by atoms with Crippen molar-refractivity contribution in [2.45, 2.75) is 19.4 Å². The molecule has 0 unspecified atom stereocenters. The predicted octanol–water partition coefficient (Wildman–Crippen LogP) is 2.52. The minimum Gasteiger partial charge on any atom is -0.505 e. The van der Waals surface area contributed by atoms with Crippen molar-refractivity contribution in [1.82, 2.24) is 0 Å². The van der Waals surface area contributed by atoms with Gasteiger partial charge >= 0.3 is 0 Å². The van der Waals surface area contributed by atoms with Crippen molar-refractivity contribution in [3.63, 3.8) is 0 Å². The summed E-state index contributed by atoms with van der Waals surface area (Å²) in [6, 6.07) is 0.710. The van der Waals surface area contributed by atoms with Crippen LogP contribution >= 0.6 is 11.6 Å². The lowest BCUT2D eigenvalue weighted by molar-refractivity contribution is 0.391. The standard InChI is InChI=1S/C9H10ClF2NO/c1-9(2,13)6-7(12)4(10)3-5(11)8(6)14/h3,14H,13H2,1-2H3. The second kappa shape index (κ2) is 3.37. The molecular weight excluding hydrogens is 212 g/mol. The Morgan fingerprint density at radius 1 is 1.43 bits per heavy atom. The van der Waals surface area contributed by atoms with Crippen molar-refractivity contribution in [2.24, 2.45) is 5.73 Å². The van der Waals surface area contributed by atoms with E-state index >= 15 is 0 Å². The van der Waals surface area contributed by atoms with Gasteiger partial charge in [-0.3, -0.25) is 0 Å². The molecule has 1 rings (SSSR count). The molecule has 14 heavy (non-hydrogen) atoms. The highest BCUT2D eigenvalue weighted by Gasteiger charge is 2.27. The van der Waals surface area contributed by atoms with E-state index in [1.807, 2.05) is 0 Å². The summed E-state index contributed by atoms with van der Waals surface area (Å²) in [4.78, 5) is 0. The van der Waals surface area contributed by atoms with Crippen LogP contribution in [-0.4, -0.2) is 5.11 Å². The number of phenolic OH excluding ortho intramolecular Hbond substituents is 1. The minimum atomic E-state index is -1.19. The van der Waals surface area contributed by atoms with Crippen LogP contribution in [0.5, 0.6) is 5.75 Å². The second-order valence-electron chi connectivity index (χ2n) is 3.60. The Hall–Kier alpha value is -0.870. The van der Waals surface area contributed by atoms with Gasteiger partial charge < -0.3 is 10.8 Å². The van der Waals surface area contributed by atoms with Gasteiger partial charge in [0, 0.05) is 5.54 Å². The van der Waals surface area contributed by atoms with E-state index in [1.165, 1.54) is 13.8 Å². The molecule has 1 aromatic rings. The largest absolute Gasteiger partial charge is 0.505 e. The van der Waals surface area contributed by atoms with Crippen molar-refractivity contribution in [3.05, 3.63) is 28.3 Å². The van der Waals surface area contributed by atoms with Gasteiger partial charge in [-0.1, -0.05) is 11.6 Å². The Bertz CT molecular complexity index is 348. The molecule has 0 spiro atoms. The third-order valence-electron chi connectivity index (χ3n) is 1.79. The second-order valence-corrected chi connectivity index (χ2v) is 4.01. The molecular formula is C9H10ClF2NO. The van der Waals surface area contributed by atoms with Crippen LogP contribution in [0.1, 0.15) is 19.4 Å². The van der Waals surface area contributed by atoms with Crippen LogP contribution in [0.15, 0.2) is 6.07 Å². The zero-order valence-corrected chi connectivity index (χ0v) is 8.49. The Kier molecular flexibility index (Phi) is 2.69. The van der Waals surface area contributed by atoms with Crippen molar-refractivity contribution in [1.29, 1.82) is 0 Å². The maximum absolute atomic E-state index is 13.4. The molecule has 0 aliphatic heterocycles. The number of hydrogen-bond donors (Lipinski definition) is 2. The van der Waals surface area contributed by atoms with Gasteiger partial charge in [-0.05, 0) is 19.9 Å². The first-order valence-electron chi connectivity index (χ1n) is 3.91. The van der Waals surface area contributed by atoms with E-state index in [0.717, 1.165) is 0 Å². The lowest BCUT2D eigenvalue weighted by Crippen LogP contribution is -2.30. The number of hydrogen-bond acceptors (Lipinski definition) is 2. The van der Waals surface area contributed by atoms with E-state index in [9.17, 15) is 13.9 Å².